The summed E-state index contributed by atoms with van der Waals surface area (Å²) in [6, 6.07) is 6.61. The maximum Gasteiger partial charge on any atom is 0.0412 e. The maximum absolute atomic E-state index is 6.02. The number of halogens is 1. The van der Waals surface area contributed by atoms with Crippen LogP contribution < -0.4 is 10.6 Å². The highest BCUT2D eigenvalue weighted by molar-refractivity contribution is 6.30. The molecule has 0 saturated carbocycles. The molecule has 0 amide bonds. The van der Waals surface area contributed by atoms with Gasteiger partial charge in [0, 0.05) is 30.3 Å². The van der Waals surface area contributed by atoms with Crippen LogP contribution in [-0.4, -0.2) is 38.1 Å². The van der Waals surface area contributed by atoms with Gasteiger partial charge in [-0.2, -0.15) is 0 Å². The van der Waals surface area contributed by atoms with Crippen LogP contribution in [0, 0.1) is 0 Å². The van der Waals surface area contributed by atoms with Crippen LogP contribution in [0.3, 0.4) is 0 Å². The molecule has 0 aliphatic carbocycles. The molecular weight excluding hydrogens is 246 g/mol. The molecule has 18 heavy (non-hydrogen) atoms. The van der Waals surface area contributed by atoms with Crippen LogP contribution in [0.1, 0.15) is 18.4 Å². The van der Waals surface area contributed by atoms with Gasteiger partial charge in [-0.3, -0.25) is 0 Å². The lowest BCUT2D eigenvalue weighted by Crippen LogP contribution is -2.42. The standard InChI is InChI=1S/C14H22ClN3/c1-17-7-5-13(6-8-17)18(2)14-4-3-12(15)9-11(14)10-16/h3-4,9,13H,5-8,10,16H2,1-2H3. The van der Waals surface area contributed by atoms with Gasteiger partial charge in [0.2, 0.25) is 0 Å². The zero-order valence-corrected chi connectivity index (χ0v) is 12.0. The number of benzene rings is 1. The Bertz CT molecular complexity index is 400. The number of nitrogens with two attached hydrogens (primary N) is 1. The summed E-state index contributed by atoms with van der Waals surface area (Å²) in [5.74, 6) is 0. The van der Waals surface area contributed by atoms with Crippen LogP contribution in [0.4, 0.5) is 5.69 Å². The molecule has 4 heteroatoms. The van der Waals surface area contributed by atoms with E-state index < -0.39 is 0 Å². The molecule has 0 radical (unpaired) electrons. The van der Waals surface area contributed by atoms with Gasteiger partial charge in [-0.25, -0.2) is 0 Å². The fourth-order valence-electron chi connectivity index (χ4n) is 2.64. The van der Waals surface area contributed by atoms with Crippen LogP contribution in [-0.2, 0) is 6.54 Å². The average molecular weight is 268 g/mol. The third kappa shape index (κ3) is 2.97. The molecule has 100 valence electrons. The highest BCUT2D eigenvalue weighted by atomic mass is 35.5. The maximum atomic E-state index is 6.02. The summed E-state index contributed by atoms with van der Waals surface area (Å²) in [5, 5.41) is 0.760. The first-order valence-electron chi connectivity index (χ1n) is 6.51. The smallest absolute Gasteiger partial charge is 0.0412 e. The van der Waals surface area contributed by atoms with Crippen LogP contribution in [0.25, 0.3) is 0 Å². The van der Waals surface area contributed by atoms with Gasteiger partial charge in [0.1, 0.15) is 0 Å². The van der Waals surface area contributed by atoms with Crippen molar-refractivity contribution < 1.29 is 0 Å². The second-order valence-corrected chi connectivity index (χ2v) is 5.56. The van der Waals surface area contributed by atoms with Gasteiger partial charge in [-0.1, -0.05) is 11.6 Å². The molecule has 0 aromatic heterocycles. The topological polar surface area (TPSA) is 32.5 Å². The molecule has 3 nitrogen and oxygen atoms in total. The molecule has 1 aromatic rings. The Hall–Kier alpha value is -0.770. The molecule has 1 aliphatic heterocycles. The Labute approximate surface area is 115 Å². The Morgan fingerprint density at radius 2 is 2.06 bits per heavy atom. The van der Waals surface area contributed by atoms with Gasteiger partial charge >= 0.3 is 0 Å². The van der Waals surface area contributed by atoms with Crippen LogP contribution in [0.2, 0.25) is 5.02 Å². The van der Waals surface area contributed by atoms with Gasteiger partial charge in [-0.05, 0) is 56.7 Å². The van der Waals surface area contributed by atoms with Gasteiger partial charge in [0.15, 0.2) is 0 Å². The number of anilines is 1. The summed E-state index contributed by atoms with van der Waals surface area (Å²) >= 11 is 6.02. The predicted octanol–water partition coefficient (Wildman–Crippen LogP) is 2.33. The molecule has 0 spiro atoms. The molecule has 2 rings (SSSR count). The van der Waals surface area contributed by atoms with E-state index in [4.69, 9.17) is 17.3 Å². The monoisotopic (exact) mass is 267 g/mol. The van der Waals surface area contributed by atoms with Crippen LogP contribution in [0.5, 0.6) is 0 Å². The lowest BCUT2D eigenvalue weighted by Gasteiger charge is -2.37. The second kappa shape index (κ2) is 5.91. The van der Waals surface area contributed by atoms with Gasteiger partial charge in [0.05, 0.1) is 0 Å². The SMILES string of the molecule is CN1CCC(N(C)c2ccc(Cl)cc2CN)CC1. The number of rotatable bonds is 3. The third-order valence-corrected chi connectivity index (χ3v) is 4.11. The normalized spacial score (nSPS) is 18.0. The summed E-state index contributed by atoms with van der Waals surface area (Å²) < 4.78 is 0. The van der Waals surface area contributed by atoms with Crippen molar-refractivity contribution in [1.29, 1.82) is 0 Å². The summed E-state index contributed by atoms with van der Waals surface area (Å²) in [5.41, 5.74) is 8.16. The molecule has 0 bridgehead atoms. The zero-order valence-electron chi connectivity index (χ0n) is 11.2. The number of nitrogens with zero attached hydrogens (tertiary/aromatic N) is 2. The van der Waals surface area contributed by atoms with Crippen molar-refractivity contribution in [3.8, 4) is 0 Å². The van der Waals surface area contributed by atoms with Crippen molar-refractivity contribution in [2.24, 2.45) is 5.73 Å². The minimum absolute atomic E-state index is 0.535. The van der Waals surface area contributed by atoms with E-state index in [0.29, 0.717) is 12.6 Å². The van der Waals surface area contributed by atoms with Gasteiger partial charge in [-0.15, -0.1) is 0 Å². The molecule has 1 fully saturated rings. The highest BCUT2D eigenvalue weighted by Gasteiger charge is 2.22. The summed E-state index contributed by atoms with van der Waals surface area (Å²) in [4.78, 5) is 4.75. The lowest BCUT2D eigenvalue weighted by molar-refractivity contribution is 0.253. The zero-order chi connectivity index (χ0) is 13.1. The van der Waals surface area contributed by atoms with E-state index in [1.54, 1.807) is 0 Å². The predicted molar refractivity (Wildman–Crippen MR) is 78.3 cm³/mol. The lowest BCUT2D eigenvalue weighted by atomic mass is 10.0. The molecule has 1 heterocycles. The van der Waals surface area contributed by atoms with Gasteiger partial charge < -0.3 is 15.5 Å². The summed E-state index contributed by atoms with van der Waals surface area (Å²) in [6.07, 6.45) is 2.42. The molecule has 1 saturated heterocycles. The van der Waals surface area contributed by atoms with Crippen LogP contribution >= 0.6 is 11.6 Å². The van der Waals surface area contributed by atoms with Crippen molar-refractivity contribution in [3.05, 3.63) is 28.8 Å². The van der Waals surface area contributed by atoms with Crippen molar-refractivity contribution in [2.75, 3.05) is 32.1 Å². The first-order chi connectivity index (χ1) is 8.61. The Morgan fingerprint density at radius 1 is 1.39 bits per heavy atom. The molecule has 1 aromatic carbocycles. The van der Waals surface area contributed by atoms with E-state index in [9.17, 15) is 0 Å². The van der Waals surface area contributed by atoms with E-state index in [2.05, 4.69) is 30.0 Å². The van der Waals surface area contributed by atoms with Crippen molar-refractivity contribution in [2.45, 2.75) is 25.4 Å². The van der Waals surface area contributed by atoms with E-state index in [1.807, 2.05) is 12.1 Å². The molecule has 2 N–H and O–H groups in total. The number of hydrogen-bond donors (Lipinski definition) is 1. The molecular formula is C14H22ClN3. The highest BCUT2D eigenvalue weighted by Crippen LogP contribution is 2.27. The minimum atomic E-state index is 0.535. The van der Waals surface area contributed by atoms with E-state index >= 15 is 0 Å². The first kappa shape index (κ1) is 13.7. The summed E-state index contributed by atoms with van der Waals surface area (Å²) in [7, 11) is 4.35. The Kier molecular flexibility index (Phi) is 4.49. The minimum Gasteiger partial charge on any atom is -0.371 e. The number of piperidine rings is 1. The Morgan fingerprint density at radius 3 is 2.67 bits per heavy atom. The third-order valence-electron chi connectivity index (χ3n) is 3.88. The van der Waals surface area contributed by atoms with Gasteiger partial charge in [0.25, 0.3) is 0 Å². The average Bonchev–Trinajstić information content (AvgIpc) is 2.38. The van der Waals surface area contributed by atoms with Crippen LogP contribution in [0.15, 0.2) is 18.2 Å². The molecule has 1 aliphatic rings. The van der Waals surface area contributed by atoms with E-state index in [1.165, 1.54) is 31.6 Å². The van der Waals surface area contributed by atoms with Crippen molar-refractivity contribution in [1.82, 2.24) is 4.90 Å². The molecule has 0 unspecified atom stereocenters. The first-order valence-corrected chi connectivity index (χ1v) is 6.89. The van der Waals surface area contributed by atoms with Crippen molar-refractivity contribution in [3.63, 3.8) is 0 Å². The summed E-state index contributed by atoms with van der Waals surface area (Å²) in [6.45, 7) is 2.87. The largest absolute Gasteiger partial charge is 0.371 e. The Balaban J connectivity index is 2.15. The fourth-order valence-corrected chi connectivity index (χ4v) is 2.84. The second-order valence-electron chi connectivity index (χ2n) is 5.12. The molecule has 0 atom stereocenters. The van der Waals surface area contributed by atoms with E-state index in [0.717, 1.165) is 10.6 Å². The number of likely N-dealkylation sites (tertiary alicyclic amines) is 1. The number of hydrogen-bond acceptors (Lipinski definition) is 3. The quantitative estimate of drug-likeness (QED) is 0.912. The van der Waals surface area contributed by atoms with E-state index in [-0.39, 0.29) is 0 Å². The fraction of sp³-hybridized carbons (Fsp3) is 0.571. The van der Waals surface area contributed by atoms with Crippen molar-refractivity contribution >= 4 is 17.3 Å².